The number of nitrogens with zero attached hydrogens (tertiary/aromatic N) is 1. The average Bonchev–Trinajstić information content (AvgIpc) is 2.70. The summed E-state index contributed by atoms with van der Waals surface area (Å²) in [7, 11) is 0. The van der Waals surface area contributed by atoms with Crippen LogP contribution in [0.15, 0.2) is 17.2 Å². The van der Waals surface area contributed by atoms with E-state index in [9.17, 15) is 4.79 Å². The lowest BCUT2D eigenvalue weighted by molar-refractivity contribution is 0.249. The average molecular weight is 301 g/mol. The summed E-state index contributed by atoms with van der Waals surface area (Å²) in [6, 6.07) is 3.92. The summed E-state index contributed by atoms with van der Waals surface area (Å²) in [4.78, 5) is 10.9. The van der Waals surface area contributed by atoms with E-state index in [2.05, 4.69) is 57.3 Å². The molecule has 0 fully saturated rings. The molecule has 0 aliphatic heterocycles. The summed E-state index contributed by atoms with van der Waals surface area (Å²) in [5.41, 5.74) is 13.7. The van der Waals surface area contributed by atoms with Crippen molar-refractivity contribution < 1.29 is 4.79 Å². The number of carbonyl (C=O) groups is 1. The first-order valence-electron chi connectivity index (χ1n) is 7.80. The summed E-state index contributed by atoms with van der Waals surface area (Å²) in [5, 5.41) is 4.13. The van der Waals surface area contributed by atoms with Crippen LogP contribution >= 0.6 is 0 Å². The third-order valence-corrected chi connectivity index (χ3v) is 4.57. The van der Waals surface area contributed by atoms with E-state index >= 15 is 0 Å². The first-order chi connectivity index (χ1) is 10.0. The van der Waals surface area contributed by atoms with Gasteiger partial charge in [-0.15, -0.1) is 0 Å². The lowest BCUT2D eigenvalue weighted by Gasteiger charge is -2.26. The Balaban J connectivity index is 2.61. The van der Waals surface area contributed by atoms with Crippen LogP contribution in [0.2, 0.25) is 0 Å². The summed E-state index contributed by atoms with van der Waals surface area (Å²) < 4.78 is 0. The van der Waals surface area contributed by atoms with Gasteiger partial charge in [0.2, 0.25) is 0 Å². The number of hydrogen-bond acceptors (Lipinski definition) is 2. The molecular formula is C18H27N3O. The summed E-state index contributed by atoms with van der Waals surface area (Å²) in [6.07, 6.45) is 2.19. The number of nitrogens with one attached hydrogen (secondary N) is 1. The fourth-order valence-electron chi connectivity index (χ4n) is 3.07. The Kier molecular flexibility index (Phi) is 4.07. The molecule has 0 spiro atoms. The van der Waals surface area contributed by atoms with Gasteiger partial charge in [0.1, 0.15) is 0 Å². The van der Waals surface area contributed by atoms with Gasteiger partial charge in [-0.2, -0.15) is 5.10 Å². The molecule has 22 heavy (non-hydrogen) atoms. The number of hydrazone groups is 1. The van der Waals surface area contributed by atoms with Gasteiger partial charge < -0.3 is 5.73 Å². The van der Waals surface area contributed by atoms with Gasteiger partial charge in [0.15, 0.2) is 0 Å². The second-order valence-electron chi connectivity index (χ2n) is 7.86. The molecule has 0 heterocycles. The molecule has 0 saturated carbocycles. The van der Waals surface area contributed by atoms with Crippen LogP contribution in [0.1, 0.15) is 70.2 Å². The second kappa shape index (κ2) is 5.41. The standard InChI is InChI=1S/C18H27N3O/c1-11(20-21-16(19)22)14-9-12(17(2,3)4)10-15-13(14)7-8-18(15,5)6/h9-10H,7-8H2,1-6H3,(H3,19,21,22). The topological polar surface area (TPSA) is 67.5 Å². The van der Waals surface area contributed by atoms with Gasteiger partial charge in [-0.1, -0.05) is 40.7 Å². The van der Waals surface area contributed by atoms with Gasteiger partial charge in [0, 0.05) is 5.56 Å². The molecule has 0 radical (unpaired) electrons. The molecule has 2 amide bonds. The van der Waals surface area contributed by atoms with Crippen molar-refractivity contribution in [2.24, 2.45) is 10.8 Å². The molecule has 2 rings (SSSR count). The highest BCUT2D eigenvalue weighted by Crippen LogP contribution is 2.42. The summed E-state index contributed by atoms with van der Waals surface area (Å²) in [5.74, 6) is 0. The normalized spacial score (nSPS) is 17.3. The fourth-order valence-corrected chi connectivity index (χ4v) is 3.07. The molecule has 3 N–H and O–H groups in total. The maximum atomic E-state index is 10.9. The number of carbonyl (C=O) groups excluding carboxylic acids is 1. The van der Waals surface area contributed by atoms with Gasteiger partial charge >= 0.3 is 6.03 Å². The zero-order valence-electron chi connectivity index (χ0n) is 14.5. The molecule has 1 aromatic rings. The van der Waals surface area contributed by atoms with Crippen molar-refractivity contribution in [3.63, 3.8) is 0 Å². The maximum Gasteiger partial charge on any atom is 0.332 e. The van der Waals surface area contributed by atoms with E-state index in [0.29, 0.717) is 0 Å². The Morgan fingerprint density at radius 1 is 1.32 bits per heavy atom. The number of urea groups is 1. The molecule has 0 aromatic heterocycles. The van der Waals surface area contributed by atoms with Crippen LogP contribution in [0.25, 0.3) is 0 Å². The predicted octanol–water partition coefficient (Wildman–Crippen LogP) is 3.60. The highest BCUT2D eigenvalue weighted by atomic mass is 16.2. The van der Waals surface area contributed by atoms with Crippen LogP contribution in [0.5, 0.6) is 0 Å². The zero-order valence-corrected chi connectivity index (χ0v) is 14.5. The highest BCUT2D eigenvalue weighted by Gasteiger charge is 2.33. The quantitative estimate of drug-likeness (QED) is 0.636. The van der Waals surface area contributed by atoms with Gasteiger partial charge in [0.05, 0.1) is 5.71 Å². The molecule has 4 heteroatoms. The number of primary amides is 1. The van der Waals surface area contributed by atoms with Crippen LogP contribution in [-0.2, 0) is 17.3 Å². The molecule has 1 aromatic carbocycles. The number of amides is 2. The van der Waals surface area contributed by atoms with Crippen molar-refractivity contribution in [1.29, 1.82) is 0 Å². The van der Waals surface area contributed by atoms with Crippen LogP contribution in [-0.4, -0.2) is 11.7 Å². The lowest BCUT2D eigenvalue weighted by atomic mass is 9.79. The Bertz CT molecular complexity index is 636. The zero-order chi connectivity index (χ0) is 16.7. The molecule has 0 unspecified atom stereocenters. The number of benzene rings is 1. The Morgan fingerprint density at radius 2 is 1.95 bits per heavy atom. The molecule has 0 atom stereocenters. The first-order valence-corrected chi connectivity index (χ1v) is 7.80. The van der Waals surface area contributed by atoms with Crippen molar-refractivity contribution in [1.82, 2.24) is 5.43 Å². The van der Waals surface area contributed by atoms with E-state index in [1.165, 1.54) is 16.7 Å². The van der Waals surface area contributed by atoms with Gasteiger partial charge in [-0.25, -0.2) is 10.2 Å². The molecule has 0 bridgehead atoms. The minimum Gasteiger partial charge on any atom is -0.350 e. The smallest absolute Gasteiger partial charge is 0.332 e. The van der Waals surface area contributed by atoms with Gasteiger partial charge in [-0.3, -0.25) is 0 Å². The summed E-state index contributed by atoms with van der Waals surface area (Å²) >= 11 is 0. The third-order valence-electron chi connectivity index (χ3n) is 4.57. The van der Waals surface area contributed by atoms with E-state index in [0.717, 1.165) is 24.1 Å². The largest absolute Gasteiger partial charge is 0.350 e. The van der Waals surface area contributed by atoms with Crippen LogP contribution in [0, 0.1) is 0 Å². The van der Waals surface area contributed by atoms with Crippen molar-refractivity contribution in [3.8, 4) is 0 Å². The Hall–Kier alpha value is -1.84. The monoisotopic (exact) mass is 301 g/mol. The van der Waals surface area contributed by atoms with Crippen molar-refractivity contribution in [2.45, 2.75) is 65.2 Å². The van der Waals surface area contributed by atoms with E-state index in [4.69, 9.17) is 5.73 Å². The molecule has 120 valence electrons. The molecular weight excluding hydrogens is 274 g/mol. The van der Waals surface area contributed by atoms with E-state index < -0.39 is 6.03 Å². The second-order valence-corrected chi connectivity index (χ2v) is 7.86. The SMILES string of the molecule is CC(=NNC(N)=O)c1cc(C(C)(C)C)cc2c1CCC2(C)C. The maximum absolute atomic E-state index is 10.9. The van der Waals surface area contributed by atoms with E-state index in [-0.39, 0.29) is 10.8 Å². The van der Waals surface area contributed by atoms with Crippen LogP contribution in [0.4, 0.5) is 4.79 Å². The molecule has 0 saturated heterocycles. The number of nitrogens with two attached hydrogens (primary N) is 1. The highest BCUT2D eigenvalue weighted by molar-refractivity contribution is 6.01. The van der Waals surface area contributed by atoms with Crippen molar-refractivity contribution >= 4 is 11.7 Å². The first kappa shape index (κ1) is 16.5. The van der Waals surface area contributed by atoms with Crippen LogP contribution < -0.4 is 11.2 Å². The van der Waals surface area contributed by atoms with Crippen molar-refractivity contribution in [3.05, 3.63) is 34.4 Å². The third kappa shape index (κ3) is 3.16. The fraction of sp³-hybridized carbons (Fsp3) is 0.556. The van der Waals surface area contributed by atoms with Crippen LogP contribution in [0.3, 0.4) is 0 Å². The molecule has 4 nitrogen and oxygen atoms in total. The van der Waals surface area contributed by atoms with Crippen molar-refractivity contribution in [2.75, 3.05) is 0 Å². The number of rotatable bonds is 2. The predicted molar refractivity (Wildman–Crippen MR) is 91.4 cm³/mol. The Labute approximate surface area is 133 Å². The number of fused-ring (bicyclic) bond motifs is 1. The number of hydrogen-bond donors (Lipinski definition) is 2. The summed E-state index contributed by atoms with van der Waals surface area (Å²) in [6.45, 7) is 13.2. The van der Waals surface area contributed by atoms with E-state index in [1.54, 1.807) is 0 Å². The molecule has 1 aliphatic carbocycles. The molecule has 1 aliphatic rings. The lowest BCUT2D eigenvalue weighted by Crippen LogP contribution is -2.26. The van der Waals surface area contributed by atoms with E-state index in [1.807, 2.05) is 6.92 Å². The van der Waals surface area contributed by atoms with Gasteiger partial charge in [-0.05, 0) is 53.4 Å². The Morgan fingerprint density at radius 3 is 2.50 bits per heavy atom. The minimum absolute atomic E-state index is 0.0693. The minimum atomic E-state index is -0.636. The van der Waals surface area contributed by atoms with Gasteiger partial charge in [0.25, 0.3) is 0 Å².